The molecule has 1 fully saturated rings. The molecule has 0 atom stereocenters. The van der Waals surface area contributed by atoms with Crippen LogP contribution in [0.3, 0.4) is 0 Å². The van der Waals surface area contributed by atoms with Crippen molar-refractivity contribution in [2.45, 2.75) is 25.7 Å². The second kappa shape index (κ2) is 5.75. The van der Waals surface area contributed by atoms with Crippen LogP contribution in [0.15, 0.2) is 12.2 Å². The summed E-state index contributed by atoms with van der Waals surface area (Å²) in [4.78, 5) is 12.5. The average Bonchev–Trinajstić information content (AvgIpc) is 2.14. The molecule has 1 saturated heterocycles. The highest BCUT2D eigenvalue weighted by Crippen LogP contribution is 2.07. The molecule has 1 heterocycles. The predicted molar refractivity (Wildman–Crippen MR) is 51.7 cm³/mol. The van der Waals surface area contributed by atoms with Crippen molar-refractivity contribution in [3.05, 3.63) is 12.2 Å². The Morgan fingerprint density at radius 1 is 1.23 bits per heavy atom. The number of carboxylic acid groups (broad SMARTS) is 1. The van der Waals surface area contributed by atoms with E-state index in [4.69, 9.17) is 5.11 Å². The third-order valence-corrected chi connectivity index (χ3v) is 2.27. The Balaban J connectivity index is 2.09. The van der Waals surface area contributed by atoms with Crippen molar-refractivity contribution in [1.29, 1.82) is 0 Å². The summed E-state index contributed by atoms with van der Waals surface area (Å²) < 4.78 is 0. The number of likely N-dealkylation sites (tertiary alicyclic amines) is 1. The Bertz CT molecular complexity index is 183. The van der Waals surface area contributed by atoms with Gasteiger partial charge in [-0.05, 0) is 25.9 Å². The zero-order valence-electron chi connectivity index (χ0n) is 7.91. The first-order valence-corrected chi connectivity index (χ1v) is 4.88. The number of hydrogen-bond acceptors (Lipinski definition) is 2. The Kier molecular flexibility index (Phi) is 4.54. The normalized spacial score (nSPS) is 19.4. The lowest BCUT2D eigenvalue weighted by atomic mass is 10.1. The third kappa shape index (κ3) is 4.68. The molecule has 1 rings (SSSR count). The summed E-state index contributed by atoms with van der Waals surface area (Å²) in [6.45, 7) is 3.24. The molecule has 0 aromatic rings. The SMILES string of the molecule is O=C(O)C/C=C/CN1CCCCC1. The van der Waals surface area contributed by atoms with E-state index in [-0.39, 0.29) is 6.42 Å². The van der Waals surface area contributed by atoms with Crippen molar-refractivity contribution in [3.8, 4) is 0 Å². The molecule has 0 aromatic carbocycles. The van der Waals surface area contributed by atoms with Crippen molar-refractivity contribution in [1.82, 2.24) is 4.90 Å². The first-order chi connectivity index (χ1) is 6.29. The van der Waals surface area contributed by atoms with Gasteiger partial charge in [-0.15, -0.1) is 0 Å². The van der Waals surface area contributed by atoms with E-state index in [9.17, 15) is 4.79 Å². The lowest BCUT2D eigenvalue weighted by Crippen LogP contribution is -2.29. The monoisotopic (exact) mass is 183 g/mol. The number of nitrogens with zero attached hydrogens (tertiary/aromatic N) is 1. The summed E-state index contributed by atoms with van der Waals surface area (Å²) in [5.41, 5.74) is 0. The molecule has 13 heavy (non-hydrogen) atoms. The van der Waals surface area contributed by atoms with Crippen molar-refractivity contribution in [2.24, 2.45) is 0 Å². The zero-order chi connectivity index (χ0) is 9.52. The topological polar surface area (TPSA) is 40.5 Å². The predicted octanol–water partition coefficient (Wildman–Crippen LogP) is 1.50. The van der Waals surface area contributed by atoms with Gasteiger partial charge in [0.05, 0.1) is 6.42 Å². The van der Waals surface area contributed by atoms with Gasteiger partial charge >= 0.3 is 5.97 Å². The molecule has 3 nitrogen and oxygen atoms in total. The van der Waals surface area contributed by atoms with Gasteiger partial charge in [0.25, 0.3) is 0 Å². The summed E-state index contributed by atoms with van der Waals surface area (Å²) >= 11 is 0. The molecule has 0 radical (unpaired) electrons. The summed E-state index contributed by atoms with van der Waals surface area (Å²) in [6.07, 6.45) is 7.75. The molecule has 0 spiro atoms. The molecule has 0 bridgehead atoms. The molecular formula is C10H17NO2. The maximum absolute atomic E-state index is 10.2. The van der Waals surface area contributed by atoms with E-state index in [1.807, 2.05) is 6.08 Å². The Hall–Kier alpha value is -0.830. The first-order valence-electron chi connectivity index (χ1n) is 4.88. The van der Waals surface area contributed by atoms with Crippen molar-refractivity contribution >= 4 is 5.97 Å². The Morgan fingerprint density at radius 3 is 2.54 bits per heavy atom. The number of aliphatic carboxylic acids is 1. The van der Waals surface area contributed by atoms with Crippen LogP contribution in [-0.4, -0.2) is 35.6 Å². The minimum absolute atomic E-state index is 0.147. The smallest absolute Gasteiger partial charge is 0.307 e. The van der Waals surface area contributed by atoms with Gasteiger partial charge in [-0.1, -0.05) is 18.6 Å². The lowest BCUT2D eigenvalue weighted by molar-refractivity contribution is -0.136. The van der Waals surface area contributed by atoms with Gasteiger partial charge in [0.1, 0.15) is 0 Å². The fourth-order valence-corrected chi connectivity index (χ4v) is 1.55. The van der Waals surface area contributed by atoms with Crippen LogP contribution in [0, 0.1) is 0 Å². The molecule has 0 saturated carbocycles. The van der Waals surface area contributed by atoms with Crippen LogP contribution in [0.1, 0.15) is 25.7 Å². The van der Waals surface area contributed by atoms with E-state index in [0.29, 0.717) is 0 Å². The molecule has 0 aromatic heterocycles. The van der Waals surface area contributed by atoms with E-state index in [0.717, 1.165) is 19.6 Å². The Labute approximate surface area is 79.0 Å². The molecule has 3 heteroatoms. The van der Waals surface area contributed by atoms with Gasteiger partial charge in [-0.3, -0.25) is 9.69 Å². The summed E-state index contributed by atoms with van der Waals surface area (Å²) in [6, 6.07) is 0. The minimum Gasteiger partial charge on any atom is -0.481 e. The molecule has 1 N–H and O–H groups in total. The number of carboxylic acids is 1. The van der Waals surface area contributed by atoms with E-state index in [2.05, 4.69) is 4.90 Å². The summed E-state index contributed by atoms with van der Waals surface area (Å²) in [5.74, 6) is -0.755. The number of rotatable bonds is 4. The van der Waals surface area contributed by atoms with Crippen molar-refractivity contribution < 1.29 is 9.90 Å². The zero-order valence-corrected chi connectivity index (χ0v) is 7.91. The quantitative estimate of drug-likeness (QED) is 0.671. The maximum Gasteiger partial charge on any atom is 0.307 e. The van der Waals surface area contributed by atoms with Gasteiger partial charge in [-0.2, -0.15) is 0 Å². The molecule has 0 amide bonds. The third-order valence-electron chi connectivity index (χ3n) is 2.27. The molecule has 0 unspecified atom stereocenters. The van der Waals surface area contributed by atoms with Gasteiger partial charge in [0.15, 0.2) is 0 Å². The van der Waals surface area contributed by atoms with Crippen molar-refractivity contribution in [3.63, 3.8) is 0 Å². The number of piperidine rings is 1. The second-order valence-corrected chi connectivity index (χ2v) is 3.43. The van der Waals surface area contributed by atoms with Gasteiger partial charge in [0, 0.05) is 6.54 Å². The fourth-order valence-electron chi connectivity index (χ4n) is 1.55. The highest BCUT2D eigenvalue weighted by Gasteiger charge is 2.07. The highest BCUT2D eigenvalue weighted by molar-refractivity contribution is 5.68. The molecule has 1 aliphatic rings. The summed E-state index contributed by atoms with van der Waals surface area (Å²) in [5, 5.41) is 8.39. The van der Waals surface area contributed by atoms with Gasteiger partial charge < -0.3 is 5.11 Å². The molecular weight excluding hydrogens is 166 g/mol. The first kappa shape index (κ1) is 10.3. The summed E-state index contributed by atoms with van der Waals surface area (Å²) in [7, 11) is 0. The second-order valence-electron chi connectivity index (χ2n) is 3.43. The van der Waals surface area contributed by atoms with E-state index < -0.39 is 5.97 Å². The largest absolute Gasteiger partial charge is 0.481 e. The fraction of sp³-hybridized carbons (Fsp3) is 0.700. The molecule has 0 aliphatic carbocycles. The van der Waals surface area contributed by atoms with Crippen LogP contribution in [-0.2, 0) is 4.79 Å². The van der Waals surface area contributed by atoms with E-state index in [1.165, 1.54) is 19.3 Å². The highest BCUT2D eigenvalue weighted by atomic mass is 16.4. The van der Waals surface area contributed by atoms with Crippen LogP contribution in [0.25, 0.3) is 0 Å². The average molecular weight is 183 g/mol. The van der Waals surface area contributed by atoms with E-state index in [1.54, 1.807) is 6.08 Å². The van der Waals surface area contributed by atoms with Crippen LogP contribution < -0.4 is 0 Å². The van der Waals surface area contributed by atoms with Crippen molar-refractivity contribution in [2.75, 3.05) is 19.6 Å². The van der Waals surface area contributed by atoms with Crippen LogP contribution in [0.5, 0.6) is 0 Å². The molecule has 74 valence electrons. The van der Waals surface area contributed by atoms with Gasteiger partial charge in [-0.25, -0.2) is 0 Å². The van der Waals surface area contributed by atoms with Crippen LogP contribution in [0.2, 0.25) is 0 Å². The maximum atomic E-state index is 10.2. The number of hydrogen-bond donors (Lipinski definition) is 1. The van der Waals surface area contributed by atoms with Crippen LogP contribution >= 0.6 is 0 Å². The van der Waals surface area contributed by atoms with Gasteiger partial charge in [0.2, 0.25) is 0 Å². The standard InChI is InChI=1S/C10H17NO2/c12-10(13)6-2-5-9-11-7-3-1-4-8-11/h2,5H,1,3-4,6-9H2,(H,12,13)/b5-2+. The lowest BCUT2D eigenvalue weighted by Gasteiger charge is -2.24. The van der Waals surface area contributed by atoms with Crippen LogP contribution in [0.4, 0.5) is 0 Å². The molecule has 1 aliphatic heterocycles. The Morgan fingerprint density at radius 2 is 1.92 bits per heavy atom. The minimum atomic E-state index is -0.755. The number of carbonyl (C=O) groups is 1. The van der Waals surface area contributed by atoms with E-state index >= 15 is 0 Å².